The van der Waals surface area contributed by atoms with Crippen molar-refractivity contribution in [2.75, 3.05) is 26.3 Å². The fourth-order valence-electron chi connectivity index (χ4n) is 3.91. The van der Waals surface area contributed by atoms with Crippen LogP contribution in [0.25, 0.3) is 21.1 Å². The molecule has 3 aromatic heterocycles. The molecule has 27 heavy (non-hydrogen) atoms. The van der Waals surface area contributed by atoms with E-state index < -0.39 is 0 Å². The monoisotopic (exact) mass is 386 g/mol. The minimum Gasteiger partial charge on any atom is -0.379 e. The molecule has 0 saturated carbocycles. The van der Waals surface area contributed by atoms with Gasteiger partial charge in [0.1, 0.15) is 5.52 Å². The van der Waals surface area contributed by atoms with Crippen LogP contribution in [0.1, 0.15) is 18.2 Å². The maximum atomic E-state index is 13.2. The third-order valence-corrected chi connectivity index (χ3v) is 6.47. The molecule has 1 saturated heterocycles. The van der Waals surface area contributed by atoms with Crippen molar-refractivity contribution in [1.82, 2.24) is 19.2 Å². The van der Waals surface area contributed by atoms with Crippen LogP contribution in [0.4, 0.5) is 0 Å². The molecular weight excluding hydrogens is 360 g/mol. The summed E-state index contributed by atoms with van der Waals surface area (Å²) in [5, 5.41) is 5.44. The number of allylic oxidation sites excluding steroid dienone is 1. The molecule has 4 rings (SSSR count). The zero-order valence-corrected chi connectivity index (χ0v) is 16.8. The Morgan fingerprint density at radius 1 is 1.41 bits per heavy atom. The number of ether oxygens (including phenoxy) is 1. The Morgan fingerprint density at radius 2 is 2.19 bits per heavy atom. The van der Waals surface area contributed by atoms with Crippen molar-refractivity contribution in [3.05, 3.63) is 40.1 Å². The summed E-state index contributed by atoms with van der Waals surface area (Å²) in [7, 11) is 0. The van der Waals surface area contributed by atoms with Gasteiger partial charge >= 0.3 is 0 Å². The lowest BCUT2D eigenvalue weighted by molar-refractivity contribution is 0.0176. The van der Waals surface area contributed by atoms with Crippen molar-refractivity contribution >= 4 is 32.5 Å². The maximum absolute atomic E-state index is 13.2. The minimum atomic E-state index is -0.00965. The molecule has 4 heterocycles. The summed E-state index contributed by atoms with van der Waals surface area (Å²) in [5.41, 5.74) is 1.83. The molecule has 0 aromatic carbocycles. The van der Waals surface area contributed by atoms with Crippen LogP contribution in [0.3, 0.4) is 0 Å². The highest BCUT2D eigenvalue weighted by Gasteiger charge is 2.19. The fourth-order valence-corrected chi connectivity index (χ4v) is 4.93. The van der Waals surface area contributed by atoms with Gasteiger partial charge in [0.15, 0.2) is 0 Å². The van der Waals surface area contributed by atoms with Gasteiger partial charge in [0.25, 0.3) is 5.56 Å². The van der Waals surface area contributed by atoms with Gasteiger partial charge in [0.05, 0.1) is 29.6 Å². The first-order chi connectivity index (χ1) is 13.1. The molecule has 0 amide bonds. The highest BCUT2D eigenvalue weighted by molar-refractivity contribution is 7.20. The first-order valence-electron chi connectivity index (χ1n) is 9.51. The van der Waals surface area contributed by atoms with Crippen molar-refractivity contribution in [1.29, 1.82) is 0 Å². The Balaban J connectivity index is 1.66. The number of fused-ring (bicyclic) bond motifs is 3. The van der Waals surface area contributed by atoms with E-state index in [1.165, 1.54) is 4.88 Å². The second-order valence-electron chi connectivity index (χ2n) is 7.19. The van der Waals surface area contributed by atoms with Gasteiger partial charge in [-0.1, -0.05) is 6.08 Å². The number of aromatic nitrogens is 3. The van der Waals surface area contributed by atoms with Crippen LogP contribution in [0.5, 0.6) is 0 Å². The molecule has 3 aromatic rings. The standard InChI is InChI=1S/C20H26N4O2S/c1-4-6-23-17-12-15(3)27-19(17)16-13-21-24(20(25)18(16)23)7-5-14(2)22-8-10-26-11-9-22/h4,12-14H,1,5-11H2,2-3H3/t14-/m0/s1. The number of morpholine rings is 1. The zero-order chi connectivity index (χ0) is 19.0. The van der Waals surface area contributed by atoms with E-state index >= 15 is 0 Å². The van der Waals surface area contributed by atoms with Crippen LogP contribution in [0.2, 0.25) is 0 Å². The van der Waals surface area contributed by atoms with Crippen molar-refractivity contribution in [2.45, 2.75) is 39.4 Å². The van der Waals surface area contributed by atoms with Gasteiger partial charge in [0, 0.05) is 42.5 Å². The highest BCUT2D eigenvalue weighted by Crippen LogP contribution is 2.33. The van der Waals surface area contributed by atoms with Gasteiger partial charge in [-0.05, 0) is 26.3 Å². The predicted octanol–water partition coefficient (Wildman–Crippen LogP) is 3.02. The third kappa shape index (κ3) is 3.35. The van der Waals surface area contributed by atoms with Crippen molar-refractivity contribution in [3.63, 3.8) is 0 Å². The number of rotatable bonds is 6. The Morgan fingerprint density at radius 3 is 2.93 bits per heavy atom. The molecule has 0 aliphatic carbocycles. The molecule has 1 fully saturated rings. The molecule has 7 heteroatoms. The first kappa shape index (κ1) is 18.4. The van der Waals surface area contributed by atoms with Gasteiger partial charge in [-0.25, -0.2) is 4.68 Å². The van der Waals surface area contributed by atoms with Gasteiger partial charge in [-0.15, -0.1) is 17.9 Å². The van der Waals surface area contributed by atoms with E-state index in [9.17, 15) is 4.79 Å². The van der Waals surface area contributed by atoms with E-state index in [1.807, 2.05) is 12.3 Å². The summed E-state index contributed by atoms with van der Waals surface area (Å²) in [6.07, 6.45) is 4.60. The fraction of sp³-hybridized carbons (Fsp3) is 0.500. The van der Waals surface area contributed by atoms with E-state index in [2.05, 4.69) is 41.1 Å². The summed E-state index contributed by atoms with van der Waals surface area (Å²) in [6.45, 7) is 12.9. The average Bonchev–Trinajstić information content (AvgIpc) is 3.18. The van der Waals surface area contributed by atoms with E-state index in [0.29, 0.717) is 19.1 Å². The molecule has 0 bridgehead atoms. The minimum absolute atomic E-state index is 0.00965. The molecule has 0 N–H and O–H groups in total. The average molecular weight is 387 g/mol. The van der Waals surface area contributed by atoms with Gasteiger partial charge in [0.2, 0.25) is 0 Å². The van der Waals surface area contributed by atoms with Gasteiger partial charge < -0.3 is 9.30 Å². The molecule has 1 aliphatic rings. The van der Waals surface area contributed by atoms with E-state index in [4.69, 9.17) is 4.74 Å². The van der Waals surface area contributed by atoms with Crippen LogP contribution in [0.15, 0.2) is 29.7 Å². The molecule has 0 unspecified atom stereocenters. The van der Waals surface area contributed by atoms with Gasteiger partial charge in [-0.3, -0.25) is 9.69 Å². The smallest absolute Gasteiger partial charge is 0.291 e. The normalized spacial score (nSPS) is 17.0. The van der Waals surface area contributed by atoms with Crippen LogP contribution in [-0.2, 0) is 17.8 Å². The summed E-state index contributed by atoms with van der Waals surface area (Å²) in [4.78, 5) is 16.8. The molecule has 0 spiro atoms. The number of thiophene rings is 1. The summed E-state index contributed by atoms with van der Waals surface area (Å²) in [6, 6.07) is 2.55. The zero-order valence-electron chi connectivity index (χ0n) is 16.0. The number of nitrogens with zero attached hydrogens (tertiary/aromatic N) is 4. The Kier molecular flexibility index (Phi) is 5.16. The molecule has 6 nitrogen and oxygen atoms in total. The SMILES string of the molecule is C=CCn1c2cc(C)sc2c2cnn(CC[C@H](C)N3CCOCC3)c(=O)c21. The van der Waals surface area contributed by atoms with Crippen LogP contribution in [0, 0.1) is 6.92 Å². The van der Waals surface area contributed by atoms with Crippen LogP contribution < -0.4 is 5.56 Å². The molecule has 1 aliphatic heterocycles. The largest absolute Gasteiger partial charge is 0.379 e. The second kappa shape index (κ2) is 7.58. The maximum Gasteiger partial charge on any atom is 0.291 e. The Labute approximate surface area is 162 Å². The van der Waals surface area contributed by atoms with Crippen molar-refractivity contribution in [3.8, 4) is 0 Å². The first-order valence-corrected chi connectivity index (χ1v) is 10.3. The summed E-state index contributed by atoms with van der Waals surface area (Å²) in [5.74, 6) is 0. The highest BCUT2D eigenvalue weighted by atomic mass is 32.1. The summed E-state index contributed by atoms with van der Waals surface area (Å²) >= 11 is 1.72. The van der Waals surface area contributed by atoms with Crippen molar-refractivity contribution in [2.24, 2.45) is 0 Å². The number of hydrogen-bond acceptors (Lipinski definition) is 5. The lowest BCUT2D eigenvalue weighted by Crippen LogP contribution is -2.42. The summed E-state index contributed by atoms with van der Waals surface area (Å²) < 4.78 is 10.3. The van der Waals surface area contributed by atoms with E-state index in [0.717, 1.165) is 53.8 Å². The predicted molar refractivity (Wildman–Crippen MR) is 111 cm³/mol. The van der Waals surface area contributed by atoms with Crippen LogP contribution >= 0.6 is 11.3 Å². The lowest BCUT2D eigenvalue weighted by Gasteiger charge is -2.32. The second-order valence-corrected chi connectivity index (χ2v) is 8.45. The van der Waals surface area contributed by atoms with E-state index in [-0.39, 0.29) is 5.56 Å². The van der Waals surface area contributed by atoms with Gasteiger partial charge in [-0.2, -0.15) is 5.10 Å². The molecular formula is C20H26N4O2S. The van der Waals surface area contributed by atoms with Crippen LogP contribution in [-0.4, -0.2) is 51.6 Å². The molecule has 144 valence electrons. The molecule has 1 atom stereocenters. The Bertz CT molecular complexity index is 1030. The quantitative estimate of drug-likeness (QED) is 0.611. The van der Waals surface area contributed by atoms with E-state index in [1.54, 1.807) is 16.0 Å². The topological polar surface area (TPSA) is 52.3 Å². The number of hydrogen-bond donors (Lipinski definition) is 0. The lowest BCUT2D eigenvalue weighted by atomic mass is 10.2. The van der Waals surface area contributed by atoms with Crippen molar-refractivity contribution < 1.29 is 4.74 Å². The Hall–Kier alpha value is -1.96. The number of aryl methyl sites for hydroxylation is 2. The third-order valence-electron chi connectivity index (χ3n) is 5.40. The molecule has 0 radical (unpaired) electrons.